The molecule has 1 aliphatic rings. The third-order valence-corrected chi connectivity index (χ3v) is 7.32. The van der Waals surface area contributed by atoms with E-state index in [1.807, 2.05) is 25.1 Å². The molecule has 1 aromatic carbocycles. The zero-order valence-electron chi connectivity index (χ0n) is 19.9. The number of pyridine rings is 1. The van der Waals surface area contributed by atoms with Crippen LogP contribution in [0.25, 0.3) is 16.8 Å². The minimum absolute atomic E-state index is 0.0902. The van der Waals surface area contributed by atoms with E-state index in [0.717, 1.165) is 40.7 Å². The number of carbonyl (C=O) groups is 1. The minimum Gasteiger partial charge on any atom is -0.345 e. The Kier molecular flexibility index (Phi) is 5.85. The van der Waals surface area contributed by atoms with E-state index in [2.05, 4.69) is 36.2 Å². The highest BCUT2D eigenvalue weighted by Gasteiger charge is 2.31. The molecule has 3 heterocycles. The number of hydrogen-bond acceptors (Lipinski definition) is 3. The number of hydrogen-bond donors (Lipinski definition) is 1. The number of carbonyl (C=O) groups excluding carboxylic acids is 1. The Morgan fingerprint density at radius 2 is 2.00 bits per heavy atom. The van der Waals surface area contributed by atoms with Crippen molar-refractivity contribution in [3.8, 4) is 11.3 Å². The predicted octanol–water partition coefficient (Wildman–Crippen LogP) is 6.87. The lowest BCUT2D eigenvalue weighted by atomic mass is 9.83. The van der Waals surface area contributed by atoms with Crippen molar-refractivity contribution in [2.24, 2.45) is 0 Å². The van der Waals surface area contributed by atoms with Gasteiger partial charge in [0.15, 0.2) is 0 Å². The molecular weight excluding hydrogens is 486 g/mol. The quantitative estimate of drug-likeness (QED) is 0.306. The van der Waals surface area contributed by atoms with Crippen LogP contribution >= 0.6 is 23.2 Å². The second-order valence-corrected chi connectivity index (χ2v) is 10.8. The summed E-state index contributed by atoms with van der Waals surface area (Å²) in [6.45, 7) is 8.08. The molecule has 0 spiro atoms. The lowest BCUT2D eigenvalue weighted by Crippen LogP contribution is -2.30. The molecule has 0 radical (unpaired) electrons. The normalized spacial score (nSPS) is 15.5. The van der Waals surface area contributed by atoms with Gasteiger partial charge in [0.25, 0.3) is 5.91 Å². The van der Waals surface area contributed by atoms with Crippen molar-refractivity contribution in [3.63, 3.8) is 0 Å². The van der Waals surface area contributed by atoms with E-state index >= 15 is 0 Å². The van der Waals surface area contributed by atoms with Gasteiger partial charge in [-0.25, -0.2) is 8.91 Å². The zero-order chi connectivity index (χ0) is 25.1. The largest absolute Gasteiger partial charge is 0.345 e. The predicted molar refractivity (Wildman–Crippen MR) is 137 cm³/mol. The number of nitrogens with one attached hydrogen (secondary N) is 1. The van der Waals surface area contributed by atoms with Gasteiger partial charge in [0.05, 0.1) is 39.1 Å². The lowest BCUT2D eigenvalue weighted by molar-refractivity contribution is 0.0934. The molecule has 1 atom stereocenters. The van der Waals surface area contributed by atoms with Gasteiger partial charge in [-0.2, -0.15) is 5.10 Å². The summed E-state index contributed by atoms with van der Waals surface area (Å²) in [6.07, 6.45) is 5.01. The summed E-state index contributed by atoms with van der Waals surface area (Å²) < 4.78 is 16.0. The SMILES string of the molecule is Cc1cc2c(C(C)(C)C)c(C(=O)N[C@H]3CCc4ncccc43)cnn2c1-c1cc(F)cc(Cl)c1Cl. The average Bonchev–Trinajstić information content (AvgIpc) is 3.34. The second-order valence-electron chi connectivity index (χ2n) is 10.0. The molecule has 0 fully saturated rings. The standard InChI is InChI=1S/C27H25Cl2FN4O/c1-14-10-22-23(27(2,3)4)18(26(35)33-21-8-7-20-16(21)6-5-9-31-20)13-32-34(22)25(14)17-11-15(30)12-19(28)24(17)29/h5-6,9-13,21H,7-8H2,1-4H3,(H,33,35)/t21-/m0/s1. The third kappa shape index (κ3) is 4.09. The zero-order valence-corrected chi connectivity index (χ0v) is 21.4. The number of fused-ring (bicyclic) bond motifs is 2. The Morgan fingerprint density at radius 1 is 1.23 bits per heavy atom. The van der Waals surface area contributed by atoms with Gasteiger partial charge in [0.1, 0.15) is 5.82 Å². The number of halogens is 3. The Balaban J connectivity index is 1.64. The molecule has 5 nitrogen and oxygen atoms in total. The minimum atomic E-state index is -0.484. The Bertz CT molecular complexity index is 1490. The molecule has 0 unspecified atom stereocenters. The van der Waals surface area contributed by atoms with E-state index in [1.54, 1.807) is 16.9 Å². The summed E-state index contributed by atoms with van der Waals surface area (Å²) in [4.78, 5) is 18.0. The van der Waals surface area contributed by atoms with Crippen LogP contribution < -0.4 is 5.32 Å². The number of amides is 1. The molecular formula is C27H25Cl2FN4O. The van der Waals surface area contributed by atoms with Gasteiger partial charge in [-0.15, -0.1) is 0 Å². The van der Waals surface area contributed by atoms with Crippen LogP contribution in [0, 0.1) is 12.7 Å². The molecule has 35 heavy (non-hydrogen) atoms. The van der Waals surface area contributed by atoms with Gasteiger partial charge in [-0.3, -0.25) is 9.78 Å². The molecule has 180 valence electrons. The van der Waals surface area contributed by atoms with E-state index in [0.29, 0.717) is 16.8 Å². The monoisotopic (exact) mass is 510 g/mol. The fourth-order valence-electron chi connectivity index (χ4n) is 5.05. The fraction of sp³-hybridized carbons (Fsp3) is 0.296. The molecule has 8 heteroatoms. The van der Waals surface area contributed by atoms with Crippen molar-refractivity contribution >= 4 is 34.6 Å². The maximum Gasteiger partial charge on any atom is 0.253 e. The summed E-state index contributed by atoms with van der Waals surface area (Å²) in [5, 5.41) is 8.19. The fourth-order valence-corrected chi connectivity index (χ4v) is 5.46. The van der Waals surface area contributed by atoms with Crippen LogP contribution in [-0.4, -0.2) is 20.5 Å². The summed E-state index contributed by atoms with van der Waals surface area (Å²) in [7, 11) is 0. The van der Waals surface area contributed by atoms with E-state index in [1.165, 1.54) is 12.1 Å². The van der Waals surface area contributed by atoms with Gasteiger partial charge in [-0.1, -0.05) is 50.0 Å². The molecule has 1 aliphatic carbocycles. The second kappa shape index (κ2) is 8.61. The molecule has 0 saturated carbocycles. The van der Waals surface area contributed by atoms with Gasteiger partial charge in [-0.05, 0) is 66.1 Å². The van der Waals surface area contributed by atoms with E-state index < -0.39 is 5.82 Å². The summed E-state index contributed by atoms with van der Waals surface area (Å²) in [5.74, 6) is -0.666. The highest BCUT2D eigenvalue weighted by Crippen LogP contribution is 2.40. The Hall–Kier alpha value is -2.96. The summed E-state index contributed by atoms with van der Waals surface area (Å²) >= 11 is 12.6. The first-order chi connectivity index (χ1) is 16.6. The van der Waals surface area contributed by atoms with Crippen LogP contribution in [0.1, 0.15) is 66.0 Å². The summed E-state index contributed by atoms with van der Waals surface area (Å²) in [6, 6.07) is 8.32. The van der Waals surface area contributed by atoms with Crippen LogP contribution in [0.5, 0.6) is 0 Å². The van der Waals surface area contributed by atoms with E-state index in [-0.39, 0.29) is 27.4 Å². The molecule has 4 aromatic rings. The molecule has 5 rings (SSSR count). The molecule has 0 bridgehead atoms. The van der Waals surface area contributed by atoms with Gasteiger partial charge < -0.3 is 5.32 Å². The van der Waals surface area contributed by atoms with Crippen molar-refractivity contribution < 1.29 is 9.18 Å². The maximum absolute atomic E-state index is 14.2. The lowest BCUT2D eigenvalue weighted by Gasteiger charge is -2.24. The van der Waals surface area contributed by atoms with Crippen LogP contribution in [0.15, 0.2) is 42.7 Å². The molecule has 1 N–H and O–H groups in total. The average molecular weight is 511 g/mol. The molecule has 0 aliphatic heterocycles. The Labute approximate surface area is 213 Å². The number of nitrogens with zero attached hydrogens (tertiary/aromatic N) is 3. The highest BCUT2D eigenvalue weighted by atomic mass is 35.5. The van der Waals surface area contributed by atoms with Crippen molar-refractivity contribution in [2.45, 2.75) is 52.0 Å². The Morgan fingerprint density at radius 3 is 2.74 bits per heavy atom. The van der Waals surface area contributed by atoms with E-state index in [9.17, 15) is 9.18 Å². The topological polar surface area (TPSA) is 59.3 Å². The van der Waals surface area contributed by atoms with Crippen LogP contribution in [0.3, 0.4) is 0 Å². The summed E-state index contributed by atoms with van der Waals surface area (Å²) in [5.41, 5.74) is 5.77. The molecule has 1 amide bonds. The van der Waals surface area contributed by atoms with Crippen molar-refractivity contribution in [2.75, 3.05) is 0 Å². The van der Waals surface area contributed by atoms with E-state index in [4.69, 9.17) is 23.2 Å². The van der Waals surface area contributed by atoms with Crippen LogP contribution in [0.2, 0.25) is 10.0 Å². The number of aryl methyl sites for hydroxylation is 2. The number of rotatable bonds is 3. The van der Waals surface area contributed by atoms with Gasteiger partial charge in [0, 0.05) is 17.5 Å². The first-order valence-electron chi connectivity index (χ1n) is 11.5. The van der Waals surface area contributed by atoms with Crippen molar-refractivity contribution in [1.29, 1.82) is 0 Å². The van der Waals surface area contributed by atoms with Crippen LogP contribution in [0.4, 0.5) is 4.39 Å². The first kappa shape index (κ1) is 23.8. The molecule has 0 saturated heterocycles. The number of aromatic nitrogens is 3. The van der Waals surface area contributed by atoms with Crippen LogP contribution in [-0.2, 0) is 11.8 Å². The smallest absolute Gasteiger partial charge is 0.253 e. The highest BCUT2D eigenvalue weighted by molar-refractivity contribution is 6.43. The maximum atomic E-state index is 14.2. The third-order valence-electron chi connectivity index (χ3n) is 6.51. The van der Waals surface area contributed by atoms with Crippen molar-refractivity contribution in [1.82, 2.24) is 19.9 Å². The first-order valence-corrected chi connectivity index (χ1v) is 12.2. The van der Waals surface area contributed by atoms with Gasteiger partial charge >= 0.3 is 0 Å². The van der Waals surface area contributed by atoms with Crippen molar-refractivity contribution in [3.05, 3.63) is 86.5 Å². The van der Waals surface area contributed by atoms with Gasteiger partial charge in [0.2, 0.25) is 0 Å². The molecule has 3 aromatic heterocycles. The number of benzene rings is 1.